The summed E-state index contributed by atoms with van der Waals surface area (Å²) in [5.41, 5.74) is 6.51. The standard InChI is InChI=1S/C12H19FN2O/c1-8(7-14)12(15-2)9-4-5-11(16-3)10(13)6-9/h4-6,8,12,15H,7,14H2,1-3H3. The highest BCUT2D eigenvalue weighted by molar-refractivity contribution is 5.31. The van der Waals surface area contributed by atoms with Crippen LogP contribution in [0.5, 0.6) is 5.75 Å². The molecule has 1 rings (SSSR count). The van der Waals surface area contributed by atoms with Crippen molar-refractivity contribution in [3.63, 3.8) is 0 Å². The van der Waals surface area contributed by atoms with Crippen LogP contribution in [0.25, 0.3) is 0 Å². The molecule has 0 aromatic heterocycles. The number of rotatable bonds is 5. The van der Waals surface area contributed by atoms with Crippen molar-refractivity contribution >= 4 is 0 Å². The molecule has 4 heteroatoms. The first-order chi connectivity index (χ1) is 7.63. The van der Waals surface area contributed by atoms with Crippen molar-refractivity contribution in [2.24, 2.45) is 11.7 Å². The molecule has 0 radical (unpaired) electrons. The Labute approximate surface area is 95.8 Å². The molecule has 90 valence electrons. The lowest BCUT2D eigenvalue weighted by Gasteiger charge is -2.23. The van der Waals surface area contributed by atoms with Gasteiger partial charge in [-0.1, -0.05) is 13.0 Å². The van der Waals surface area contributed by atoms with Gasteiger partial charge < -0.3 is 15.8 Å². The molecule has 0 amide bonds. The predicted octanol–water partition coefficient (Wildman–Crippen LogP) is 1.69. The van der Waals surface area contributed by atoms with Crippen LogP contribution in [-0.2, 0) is 0 Å². The third-order valence-electron chi connectivity index (χ3n) is 2.79. The van der Waals surface area contributed by atoms with Crippen LogP contribution < -0.4 is 15.8 Å². The van der Waals surface area contributed by atoms with Crippen LogP contribution in [-0.4, -0.2) is 20.7 Å². The third-order valence-corrected chi connectivity index (χ3v) is 2.79. The average Bonchev–Trinajstić information content (AvgIpc) is 2.30. The van der Waals surface area contributed by atoms with Gasteiger partial charge in [0.2, 0.25) is 0 Å². The van der Waals surface area contributed by atoms with Gasteiger partial charge in [-0.05, 0) is 37.2 Å². The van der Waals surface area contributed by atoms with Crippen LogP contribution >= 0.6 is 0 Å². The van der Waals surface area contributed by atoms with Gasteiger partial charge in [-0.2, -0.15) is 0 Å². The van der Waals surface area contributed by atoms with Gasteiger partial charge >= 0.3 is 0 Å². The summed E-state index contributed by atoms with van der Waals surface area (Å²) in [7, 11) is 3.30. The first-order valence-electron chi connectivity index (χ1n) is 5.34. The van der Waals surface area contributed by atoms with Gasteiger partial charge in [-0.15, -0.1) is 0 Å². The quantitative estimate of drug-likeness (QED) is 0.803. The van der Waals surface area contributed by atoms with E-state index in [9.17, 15) is 4.39 Å². The highest BCUT2D eigenvalue weighted by Gasteiger charge is 2.17. The van der Waals surface area contributed by atoms with E-state index in [2.05, 4.69) is 5.32 Å². The lowest BCUT2D eigenvalue weighted by molar-refractivity contribution is 0.382. The molecule has 2 unspecified atom stereocenters. The van der Waals surface area contributed by atoms with Gasteiger partial charge in [-0.25, -0.2) is 4.39 Å². The highest BCUT2D eigenvalue weighted by Crippen LogP contribution is 2.25. The van der Waals surface area contributed by atoms with Crippen LogP contribution in [0.15, 0.2) is 18.2 Å². The number of hydrogen-bond acceptors (Lipinski definition) is 3. The Bertz CT molecular complexity index is 344. The molecule has 0 aliphatic carbocycles. The molecule has 3 nitrogen and oxygen atoms in total. The topological polar surface area (TPSA) is 47.3 Å². The second-order valence-corrected chi connectivity index (χ2v) is 3.87. The molecule has 0 saturated heterocycles. The number of methoxy groups -OCH3 is 1. The molecule has 0 spiro atoms. The first kappa shape index (κ1) is 12.9. The Hall–Kier alpha value is -1.13. The Morgan fingerprint density at radius 2 is 2.19 bits per heavy atom. The Morgan fingerprint density at radius 3 is 2.62 bits per heavy atom. The van der Waals surface area contributed by atoms with Crippen LogP contribution in [0.3, 0.4) is 0 Å². The van der Waals surface area contributed by atoms with Crippen LogP contribution in [0.4, 0.5) is 4.39 Å². The van der Waals surface area contributed by atoms with Crippen molar-refractivity contribution in [2.45, 2.75) is 13.0 Å². The van der Waals surface area contributed by atoms with Crippen molar-refractivity contribution in [3.8, 4) is 5.75 Å². The maximum absolute atomic E-state index is 13.5. The van der Waals surface area contributed by atoms with Crippen LogP contribution in [0, 0.1) is 11.7 Å². The van der Waals surface area contributed by atoms with E-state index in [0.717, 1.165) is 5.56 Å². The van der Waals surface area contributed by atoms with Gasteiger partial charge in [0.1, 0.15) is 0 Å². The highest BCUT2D eigenvalue weighted by atomic mass is 19.1. The van der Waals surface area contributed by atoms with E-state index in [1.807, 2.05) is 20.0 Å². The summed E-state index contributed by atoms with van der Waals surface area (Å²) in [5, 5.41) is 3.15. The monoisotopic (exact) mass is 226 g/mol. The summed E-state index contributed by atoms with van der Waals surface area (Å²) >= 11 is 0. The fourth-order valence-electron chi connectivity index (χ4n) is 1.79. The largest absolute Gasteiger partial charge is 0.494 e. The van der Waals surface area contributed by atoms with Gasteiger partial charge in [0.25, 0.3) is 0 Å². The van der Waals surface area contributed by atoms with Crippen LogP contribution in [0.2, 0.25) is 0 Å². The second kappa shape index (κ2) is 5.82. The number of hydrogen-bond donors (Lipinski definition) is 2. The lowest BCUT2D eigenvalue weighted by atomic mass is 9.94. The van der Waals surface area contributed by atoms with E-state index >= 15 is 0 Å². The van der Waals surface area contributed by atoms with Gasteiger partial charge in [-0.3, -0.25) is 0 Å². The molecule has 3 N–H and O–H groups in total. The number of ether oxygens (including phenoxy) is 1. The van der Waals surface area contributed by atoms with E-state index < -0.39 is 0 Å². The molecule has 0 bridgehead atoms. The zero-order chi connectivity index (χ0) is 12.1. The second-order valence-electron chi connectivity index (χ2n) is 3.87. The smallest absolute Gasteiger partial charge is 0.165 e. The molecule has 0 aliphatic rings. The minimum atomic E-state index is -0.343. The molecule has 16 heavy (non-hydrogen) atoms. The van der Waals surface area contributed by atoms with Crippen molar-refractivity contribution in [1.29, 1.82) is 0 Å². The molecule has 0 aliphatic heterocycles. The van der Waals surface area contributed by atoms with Crippen molar-refractivity contribution in [3.05, 3.63) is 29.6 Å². The molecule has 0 saturated carbocycles. The third kappa shape index (κ3) is 2.71. The zero-order valence-corrected chi connectivity index (χ0v) is 9.96. The minimum Gasteiger partial charge on any atom is -0.494 e. The molecule has 1 aromatic carbocycles. The van der Waals surface area contributed by atoms with E-state index in [-0.39, 0.29) is 23.5 Å². The molecular formula is C12H19FN2O. The fourth-order valence-corrected chi connectivity index (χ4v) is 1.79. The lowest BCUT2D eigenvalue weighted by Crippen LogP contribution is -2.28. The predicted molar refractivity (Wildman–Crippen MR) is 63.0 cm³/mol. The summed E-state index contributed by atoms with van der Waals surface area (Å²) in [5.74, 6) is 0.168. The van der Waals surface area contributed by atoms with Crippen molar-refractivity contribution in [2.75, 3.05) is 20.7 Å². The first-order valence-corrected chi connectivity index (χ1v) is 5.34. The van der Waals surface area contributed by atoms with Crippen molar-refractivity contribution < 1.29 is 9.13 Å². The number of halogens is 1. The summed E-state index contributed by atoms with van der Waals surface area (Å²) in [4.78, 5) is 0. The summed E-state index contributed by atoms with van der Waals surface area (Å²) in [6, 6.07) is 5.05. The average molecular weight is 226 g/mol. The van der Waals surface area contributed by atoms with E-state index in [4.69, 9.17) is 10.5 Å². The molecule has 2 atom stereocenters. The number of nitrogens with one attached hydrogen (secondary N) is 1. The maximum Gasteiger partial charge on any atom is 0.165 e. The summed E-state index contributed by atoms with van der Waals surface area (Å²) < 4.78 is 18.4. The Kier molecular flexibility index (Phi) is 4.71. The molecule has 0 heterocycles. The molecular weight excluding hydrogens is 207 g/mol. The van der Waals surface area contributed by atoms with E-state index in [1.165, 1.54) is 13.2 Å². The number of benzene rings is 1. The van der Waals surface area contributed by atoms with E-state index in [1.54, 1.807) is 6.07 Å². The summed E-state index contributed by atoms with van der Waals surface area (Å²) in [6.07, 6.45) is 0. The fraction of sp³-hybridized carbons (Fsp3) is 0.500. The van der Waals surface area contributed by atoms with Gasteiger partial charge in [0.05, 0.1) is 7.11 Å². The minimum absolute atomic E-state index is 0.0606. The SMILES string of the molecule is CNC(c1ccc(OC)c(F)c1)C(C)CN. The normalized spacial score (nSPS) is 14.6. The maximum atomic E-state index is 13.5. The molecule has 0 fully saturated rings. The molecule has 1 aromatic rings. The van der Waals surface area contributed by atoms with Gasteiger partial charge in [0.15, 0.2) is 11.6 Å². The Morgan fingerprint density at radius 1 is 1.50 bits per heavy atom. The van der Waals surface area contributed by atoms with Crippen molar-refractivity contribution in [1.82, 2.24) is 5.32 Å². The van der Waals surface area contributed by atoms with Crippen LogP contribution in [0.1, 0.15) is 18.5 Å². The summed E-state index contributed by atoms with van der Waals surface area (Å²) in [6.45, 7) is 2.59. The Balaban J connectivity index is 2.98. The number of nitrogens with two attached hydrogens (primary N) is 1. The van der Waals surface area contributed by atoms with E-state index in [0.29, 0.717) is 6.54 Å². The zero-order valence-electron chi connectivity index (χ0n) is 9.96. The van der Waals surface area contributed by atoms with Gasteiger partial charge in [0, 0.05) is 6.04 Å².